The van der Waals surface area contributed by atoms with Gasteiger partial charge >= 0.3 is 17.9 Å². The van der Waals surface area contributed by atoms with Crippen molar-refractivity contribution in [3.63, 3.8) is 0 Å². The molecule has 0 saturated carbocycles. The Balaban J connectivity index is 4.29. The van der Waals surface area contributed by atoms with Crippen LogP contribution in [-0.2, 0) is 28.6 Å². The molecule has 0 aliphatic carbocycles. The summed E-state index contributed by atoms with van der Waals surface area (Å²) in [7, 11) is 0. The Labute approximate surface area is 350 Å². The van der Waals surface area contributed by atoms with Crippen LogP contribution in [0.15, 0.2) is 85.1 Å². The fourth-order valence-corrected chi connectivity index (χ4v) is 5.97. The molecule has 0 heterocycles. The summed E-state index contributed by atoms with van der Waals surface area (Å²) in [6, 6.07) is 0. The molecule has 1 atom stereocenters. The van der Waals surface area contributed by atoms with Gasteiger partial charge in [-0.25, -0.2) is 0 Å². The Morgan fingerprint density at radius 3 is 1.07 bits per heavy atom. The zero-order chi connectivity index (χ0) is 41.5. The van der Waals surface area contributed by atoms with Gasteiger partial charge in [0.1, 0.15) is 13.2 Å². The van der Waals surface area contributed by atoms with Crippen LogP contribution in [0.2, 0.25) is 0 Å². The van der Waals surface area contributed by atoms with Crippen LogP contribution in [0.5, 0.6) is 0 Å². The summed E-state index contributed by atoms with van der Waals surface area (Å²) in [6.45, 7) is 6.28. The van der Waals surface area contributed by atoms with E-state index in [1.807, 2.05) is 0 Å². The summed E-state index contributed by atoms with van der Waals surface area (Å²) in [5, 5.41) is 0. The quantitative estimate of drug-likeness (QED) is 0.0266. The van der Waals surface area contributed by atoms with Crippen LogP contribution in [0.3, 0.4) is 0 Å². The third-order valence-electron chi connectivity index (χ3n) is 9.40. The van der Waals surface area contributed by atoms with Gasteiger partial charge in [0.2, 0.25) is 0 Å². The van der Waals surface area contributed by atoms with E-state index in [9.17, 15) is 14.4 Å². The van der Waals surface area contributed by atoms with Crippen molar-refractivity contribution in [2.45, 2.75) is 207 Å². The Kier molecular flexibility index (Phi) is 42.6. The number of hydrogen-bond acceptors (Lipinski definition) is 6. The second kappa shape index (κ2) is 45.3. The molecule has 0 spiro atoms. The van der Waals surface area contributed by atoms with Crippen molar-refractivity contribution in [3.05, 3.63) is 85.1 Å². The third kappa shape index (κ3) is 43.6. The minimum Gasteiger partial charge on any atom is -0.462 e. The molecule has 0 saturated heterocycles. The van der Waals surface area contributed by atoms with Gasteiger partial charge in [-0.15, -0.1) is 0 Å². The average molecular weight is 793 g/mol. The van der Waals surface area contributed by atoms with Gasteiger partial charge in [-0.2, -0.15) is 0 Å². The molecule has 6 heteroatoms. The highest BCUT2D eigenvalue weighted by molar-refractivity contribution is 5.71. The van der Waals surface area contributed by atoms with Crippen molar-refractivity contribution < 1.29 is 28.6 Å². The molecule has 0 fully saturated rings. The maximum absolute atomic E-state index is 12.7. The van der Waals surface area contributed by atoms with Gasteiger partial charge in [-0.05, 0) is 89.9 Å². The maximum atomic E-state index is 12.7. The van der Waals surface area contributed by atoms with Gasteiger partial charge in [0.25, 0.3) is 0 Å². The second-order valence-electron chi connectivity index (χ2n) is 14.9. The molecule has 1 unspecified atom stereocenters. The first-order chi connectivity index (χ1) is 28.0. The van der Waals surface area contributed by atoms with Gasteiger partial charge in [0, 0.05) is 19.3 Å². The molecule has 0 amide bonds. The zero-order valence-corrected chi connectivity index (χ0v) is 36.8. The fraction of sp³-hybridized carbons (Fsp3) is 0.667. The number of ether oxygens (including phenoxy) is 3. The smallest absolute Gasteiger partial charge is 0.306 e. The first-order valence-corrected chi connectivity index (χ1v) is 23.1. The number of carbonyl (C=O) groups excluding carboxylic acids is 3. The van der Waals surface area contributed by atoms with Crippen molar-refractivity contribution in [3.8, 4) is 0 Å². The number of hydrogen-bond donors (Lipinski definition) is 0. The predicted octanol–water partition coefficient (Wildman–Crippen LogP) is 14.9. The van der Waals surface area contributed by atoms with Crippen molar-refractivity contribution >= 4 is 17.9 Å². The van der Waals surface area contributed by atoms with Crippen molar-refractivity contribution in [2.75, 3.05) is 13.2 Å². The fourth-order valence-electron chi connectivity index (χ4n) is 5.97. The van der Waals surface area contributed by atoms with Crippen LogP contribution >= 0.6 is 0 Å². The highest BCUT2D eigenvalue weighted by atomic mass is 16.6. The maximum Gasteiger partial charge on any atom is 0.306 e. The standard InChI is InChI=1S/C51H84O6/c1-4-7-10-13-15-17-19-21-23-25-27-29-31-33-35-38-41-44-50(53)56-47-48(46-55-49(52)43-40-37-12-9-6-3)57-51(54)45-42-39-36-34-32-30-28-26-24-22-20-18-16-14-11-8-5-2/h7-8,10-11,15-18,21-24,27,29,48H,4-6,9,12-14,19-20,25-26,28,30-47H2,1-3H3/b10-7-,11-8-,17-15-,18-16-,23-21-,24-22-,29-27-. The number of unbranched alkanes of at least 4 members (excludes halogenated alkanes) is 15. The van der Waals surface area contributed by atoms with Crippen LogP contribution in [-0.4, -0.2) is 37.2 Å². The van der Waals surface area contributed by atoms with Crippen LogP contribution < -0.4 is 0 Å². The van der Waals surface area contributed by atoms with E-state index in [-0.39, 0.29) is 31.1 Å². The molecular formula is C51H84O6. The van der Waals surface area contributed by atoms with E-state index in [1.165, 1.54) is 32.1 Å². The van der Waals surface area contributed by atoms with E-state index in [1.54, 1.807) is 0 Å². The van der Waals surface area contributed by atoms with E-state index >= 15 is 0 Å². The Bertz CT molecular complexity index is 1140. The predicted molar refractivity (Wildman–Crippen MR) is 242 cm³/mol. The Hall–Kier alpha value is -3.41. The van der Waals surface area contributed by atoms with Crippen LogP contribution in [0, 0.1) is 0 Å². The molecule has 0 aromatic carbocycles. The van der Waals surface area contributed by atoms with E-state index in [2.05, 4.69) is 106 Å². The molecule has 0 rings (SSSR count). The van der Waals surface area contributed by atoms with Crippen LogP contribution in [0.1, 0.15) is 201 Å². The number of allylic oxidation sites excluding steroid dienone is 14. The Morgan fingerprint density at radius 2 is 0.684 bits per heavy atom. The number of rotatable bonds is 40. The average Bonchev–Trinajstić information content (AvgIpc) is 3.21. The summed E-state index contributed by atoms with van der Waals surface area (Å²) >= 11 is 0. The van der Waals surface area contributed by atoms with Crippen LogP contribution in [0.25, 0.3) is 0 Å². The zero-order valence-electron chi connectivity index (χ0n) is 36.8. The van der Waals surface area contributed by atoms with E-state index in [0.717, 1.165) is 128 Å². The molecule has 324 valence electrons. The largest absolute Gasteiger partial charge is 0.462 e. The van der Waals surface area contributed by atoms with Crippen molar-refractivity contribution in [1.29, 1.82) is 0 Å². The summed E-state index contributed by atoms with van der Waals surface area (Å²) in [4.78, 5) is 37.5. The van der Waals surface area contributed by atoms with Crippen molar-refractivity contribution in [1.82, 2.24) is 0 Å². The molecule has 0 aliphatic heterocycles. The topological polar surface area (TPSA) is 78.9 Å². The molecular weight excluding hydrogens is 709 g/mol. The van der Waals surface area contributed by atoms with Gasteiger partial charge in [0.05, 0.1) is 0 Å². The first kappa shape index (κ1) is 53.6. The van der Waals surface area contributed by atoms with Crippen molar-refractivity contribution in [2.24, 2.45) is 0 Å². The number of carbonyl (C=O) groups is 3. The second-order valence-corrected chi connectivity index (χ2v) is 14.9. The summed E-state index contributed by atoms with van der Waals surface area (Å²) < 4.78 is 16.6. The van der Waals surface area contributed by atoms with Gasteiger partial charge in [-0.3, -0.25) is 14.4 Å². The van der Waals surface area contributed by atoms with Gasteiger partial charge in [0.15, 0.2) is 6.10 Å². The monoisotopic (exact) mass is 793 g/mol. The highest BCUT2D eigenvalue weighted by Gasteiger charge is 2.19. The highest BCUT2D eigenvalue weighted by Crippen LogP contribution is 2.13. The molecule has 0 aromatic heterocycles. The molecule has 0 aliphatic rings. The lowest BCUT2D eigenvalue weighted by molar-refractivity contribution is -0.167. The lowest BCUT2D eigenvalue weighted by Gasteiger charge is -2.18. The molecule has 6 nitrogen and oxygen atoms in total. The van der Waals surface area contributed by atoms with E-state index in [4.69, 9.17) is 14.2 Å². The molecule has 0 aromatic rings. The summed E-state index contributed by atoms with van der Waals surface area (Å²) in [6.07, 6.45) is 57.4. The van der Waals surface area contributed by atoms with Crippen LogP contribution in [0.4, 0.5) is 0 Å². The third-order valence-corrected chi connectivity index (χ3v) is 9.40. The minimum absolute atomic E-state index is 0.0906. The number of esters is 3. The van der Waals surface area contributed by atoms with Gasteiger partial charge < -0.3 is 14.2 Å². The lowest BCUT2D eigenvalue weighted by Crippen LogP contribution is -2.30. The Morgan fingerprint density at radius 1 is 0.368 bits per heavy atom. The summed E-state index contributed by atoms with van der Waals surface area (Å²) in [5.74, 6) is -0.946. The normalized spacial score (nSPS) is 12.8. The molecule has 57 heavy (non-hydrogen) atoms. The summed E-state index contributed by atoms with van der Waals surface area (Å²) in [5.41, 5.74) is 0. The first-order valence-electron chi connectivity index (χ1n) is 23.1. The molecule has 0 radical (unpaired) electrons. The van der Waals surface area contributed by atoms with E-state index in [0.29, 0.717) is 19.3 Å². The molecule has 0 bridgehead atoms. The SMILES string of the molecule is CC/C=C\C/C=C\C/C=C\C/C=C\CCCCCCC(=O)OCC(COC(=O)CCCCCCC)OC(=O)CCCCCCCCC/C=C\C/C=C\C/C=C\CC. The minimum atomic E-state index is -0.787. The van der Waals surface area contributed by atoms with E-state index < -0.39 is 6.10 Å². The lowest BCUT2D eigenvalue weighted by atomic mass is 10.1. The van der Waals surface area contributed by atoms with Gasteiger partial charge in [-0.1, -0.05) is 176 Å². The molecule has 0 N–H and O–H groups in total.